The van der Waals surface area contributed by atoms with E-state index in [1.165, 1.54) is 31.5 Å². The maximum atomic E-state index is 15.9. The minimum Gasteiger partial charge on any atom is -0.492 e. The Morgan fingerprint density at radius 2 is 1.89 bits per heavy atom. The van der Waals surface area contributed by atoms with Crippen molar-refractivity contribution in [2.24, 2.45) is 5.41 Å². The van der Waals surface area contributed by atoms with E-state index in [2.05, 4.69) is 15.4 Å². The Kier molecular flexibility index (Phi) is 7.45. The number of hydrogen-bond acceptors (Lipinski definition) is 6. The normalized spacial score (nSPS) is 18.0. The molecular formula is C31H32F4N4O5. The quantitative estimate of drug-likeness (QED) is 0.373. The van der Waals surface area contributed by atoms with Gasteiger partial charge in [0.15, 0.2) is 11.6 Å². The number of methoxy groups -OCH3 is 1. The fraction of sp³-hybridized carbons (Fsp3) is 0.452. The number of ether oxygens (including phenoxy) is 2. The van der Waals surface area contributed by atoms with Crippen molar-refractivity contribution >= 4 is 28.4 Å². The zero-order chi connectivity index (χ0) is 31.4. The number of hydrogen-bond donors (Lipinski definition) is 2. The Morgan fingerprint density at radius 1 is 1.16 bits per heavy atom. The number of pyridine rings is 1. The fourth-order valence-corrected chi connectivity index (χ4v) is 6.38. The first kappa shape index (κ1) is 29.8. The highest BCUT2D eigenvalue weighted by molar-refractivity contribution is 6.00. The van der Waals surface area contributed by atoms with Gasteiger partial charge in [-0.25, -0.2) is 4.39 Å². The van der Waals surface area contributed by atoms with E-state index in [1.807, 2.05) is 9.47 Å². The number of aromatic nitrogens is 1. The number of halogens is 4. The number of carbonyl (C=O) groups excluding carboxylic acids is 2. The number of rotatable bonds is 7. The van der Waals surface area contributed by atoms with Gasteiger partial charge in [0, 0.05) is 44.8 Å². The monoisotopic (exact) mass is 616 g/mol. The first-order chi connectivity index (χ1) is 20.9. The smallest absolute Gasteiger partial charge is 0.492 e. The molecule has 234 valence electrons. The molecule has 2 saturated heterocycles. The summed E-state index contributed by atoms with van der Waals surface area (Å²) >= 11 is 0. The first-order valence-corrected chi connectivity index (χ1v) is 14.5. The summed E-state index contributed by atoms with van der Waals surface area (Å²) in [7, 11) is 1.43. The number of fused-ring (bicyclic) bond motifs is 1. The van der Waals surface area contributed by atoms with Crippen LogP contribution >= 0.6 is 0 Å². The summed E-state index contributed by atoms with van der Waals surface area (Å²) in [5.74, 6) is -1.45. The van der Waals surface area contributed by atoms with Gasteiger partial charge in [0.1, 0.15) is 17.0 Å². The van der Waals surface area contributed by atoms with Crippen LogP contribution in [0.15, 0.2) is 35.3 Å². The molecule has 0 unspecified atom stereocenters. The largest absolute Gasteiger partial charge is 0.573 e. The third kappa shape index (κ3) is 5.67. The Bertz CT molecular complexity index is 1710. The highest BCUT2D eigenvalue weighted by Gasteiger charge is 2.42. The molecule has 0 atom stereocenters. The van der Waals surface area contributed by atoms with Gasteiger partial charge in [-0.15, -0.1) is 13.2 Å². The number of alkyl halides is 3. The lowest BCUT2D eigenvalue weighted by molar-refractivity contribution is -0.274. The molecule has 13 heteroatoms. The number of nitrogens with zero attached hydrogens (tertiary/aromatic N) is 2. The van der Waals surface area contributed by atoms with Gasteiger partial charge >= 0.3 is 6.36 Å². The van der Waals surface area contributed by atoms with Crippen molar-refractivity contribution in [3.05, 3.63) is 63.2 Å². The van der Waals surface area contributed by atoms with Crippen LogP contribution in [0.2, 0.25) is 0 Å². The topological polar surface area (TPSA) is 102 Å². The van der Waals surface area contributed by atoms with Crippen molar-refractivity contribution in [3.63, 3.8) is 0 Å². The third-order valence-corrected chi connectivity index (χ3v) is 8.91. The van der Waals surface area contributed by atoms with E-state index in [4.69, 9.17) is 4.74 Å². The molecule has 2 amide bonds. The molecule has 3 aromatic rings. The highest BCUT2D eigenvalue weighted by atomic mass is 19.4. The molecule has 2 aromatic carbocycles. The molecular weight excluding hydrogens is 584 g/mol. The summed E-state index contributed by atoms with van der Waals surface area (Å²) in [5, 5.41) is 5.59. The van der Waals surface area contributed by atoms with Crippen LogP contribution in [0.3, 0.4) is 0 Å². The SMILES string of the molecule is COc1c(N2CCC3(CC2)CNC(=O)C3)c(F)cc2c(=O)c(C(=O)NCc3ccc(OC(F)(F)F)cc3C)cn(C3CC3)c12. The molecule has 44 heavy (non-hydrogen) atoms. The Hall–Kier alpha value is -4.29. The van der Waals surface area contributed by atoms with Crippen LogP contribution in [0, 0.1) is 18.2 Å². The molecule has 3 heterocycles. The summed E-state index contributed by atoms with van der Waals surface area (Å²) in [4.78, 5) is 40.7. The average molecular weight is 617 g/mol. The highest BCUT2D eigenvalue weighted by Crippen LogP contribution is 2.46. The van der Waals surface area contributed by atoms with E-state index in [-0.39, 0.29) is 52.0 Å². The molecule has 2 N–H and O–H groups in total. The zero-order valence-electron chi connectivity index (χ0n) is 24.3. The Labute approximate surface area is 250 Å². The van der Waals surface area contributed by atoms with E-state index in [0.717, 1.165) is 18.9 Å². The lowest BCUT2D eigenvalue weighted by Crippen LogP contribution is -2.41. The van der Waals surface area contributed by atoms with Crippen LogP contribution in [-0.2, 0) is 11.3 Å². The van der Waals surface area contributed by atoms with E-state index in [9.17, 15) is 27.6 Å². The molecule has 1 spiro atoms. The maximum Gasteiger partial charge on any atom is 0.573 e. The molecule has 3 fully saturated rings. The lowest BCUT2D eigenvalue weighted by Gasteiger charge is -2.40. The van der Waals surface area contributed by atoms with Crippen molar-refractivity contribution < 1.29 is 36.6 Å². The molecule has 1 saturated carbocycles. The summed E-state index contributed by atoms with van der Waals surface area (Å²) < 4.78 is 65.1. The molecule has 0 radical (unpaired) electrons. The van der Waals surface area contributed by atoms with E-state index < -0.39 is 23.5 Å². The number of nitrogens with one attached hydrogen (secondary N) is 2. The summed E-state index contributed by atoms with van der Waals surface area (Å²) in [6.45, 7) is 3.18. The minimum absolute atomic E-state index is 0.000448. The molecule has 9 nitrogen and oxygen atoms in total. The van der Waals surface area contributed by atoms with Gasteiger partial charge < -0.3 is 29.6 Å². The molecule has 6 rings (SSSR count). The molecule has 1 aliphatic carbocycles. The standard InChI is InChI=1S/C31H32F4N4O5/c1-17-11-20(44-31(33,34)35)6-3-18(17)14-36-29(42)22-15-39(19-4-5-19)25-21(27(22)41)12-23(32)26(28(25)43-2)38-9-7-30(8-10-38)13-24(40)37-16-30/h3,6,11-12,15,19H,4-5,7-10,13-14,16H2,1-2H3,(H,36,42)(H,37,40). The summed E-state index contributed by atoms with van der Waals surface area (Å²) in [6, 6.07) is 4.94. The molecule has 0 bridgehead atoms. The van der Waals surface area contributed by atoms with Crippen LogP contribution in [0.4, 0.5) is 23.2 Å². The number of amides is 2. The number of anilines is 1. The van der Waals surface area contributed by atoms with Gasteiger partial charge in [-0.2, -0.15) is 0 Å². The minimum atomic E-state index is -4.83. The van der Waals surface area contributed by atoms with Gasteiger partial charge in [-0.3, -0.25) is 14.4 Å². The van der Waals surface area contributed by atoms with Crippen LogP contribution in [-0.4, -0.2) is 49.5 Å². The van der Waals surface area contributed by atoms with Gasteiger partial charge in [0.05, 0.1) is 18.0 Å². The maximum absolute atomic E-state index is 15.9. The Morgan fingerprint density at radius 3 is 2.48 bits per heavy atom. The fourth-order valence-electron chi connectivity index (χ4n) is 6.38. The second-order valence-electron chi connectivity index (χ2n) is 11.9. The van der Waals surface area contributed by atoms with Gasteiger partial charge in [-0.05, 0) is 67.3 Å². The molecule has 3 aliphatic rings. The third-order valence-electron chi connectivity index (χ3n) is 8.91. The second kappa shape index (κ2) is 11.0. The first-order valence-electron chi connectivity index (χ1n) is 14.5. The van der Waals surface area contributed by atoms with E-state index >= 15 is 4.39 Å². The van der Waals surface area contributed by atoms with Gasteiger partial charge in [0.25, 0.3) is 5.91 Å². The van der Waals surface area contributed by atoms with Crippen LogP contribution in [0.1, 0.15) is 59.6 Å². The van der Waals surface area contributed by atoms with E-state index in [0.29, 0.717) is 55.5 Å². The zero-order valence-corrected chi connectivity index (χ0v) is 24.3. The van der Waals surface area contributed by atoms with Crippen molar-refractivity contribution in [3.8, 4) is 11.5 Å². The predicted octanol–water partition coefficient (Wildman–Crippen LogP) is 4.73. The van der Waals surface area contributed by atoms with Crippen molar-refractivity contribution in [2.45, 2.75) is 58.0 Å². The van der Waals surface area contributed by atoms with Crippen LogP contribution in [0.25, 0.3) is 10.9 Å². The van der Waals surface area contributed by atoms with Crippen LogP contribution < -0.4 is 30.4 Å². The average Bonchev–Trinajstić information content (AvgIpc) is 3.75. The van der Waals surface area contributed by atoms with Gasteiger partial charge in [0.2, 0.25) is 11.3 Å². The van der Waals surface area contributed by atoms with E-state index in [1.54, 1.807) is 6.92 Å². The van der Waals surface area contributed by atoms with Crippen LogP contribution in [0.5, 0.6) is 11.5 Å². The Balaban J connectivity index is 1.30. The number of aryl methyl sites for hydroxylation is 1. The van der Waals surface area contributed by atoms with Gasteiger partial charge in [-0.1, -0.05) is 6.07 Å². The predicted molar refractivity (Wildman–Crippen MR) is 154 cm³/mol. The van der Waals surface area contributed by atoms with Crippen molar-refractivity contribution in [1.82, 2.24) is 15.2 Å². The number of benzene rings is 2. The lowest BCUT2D eigenvalue weighted by atomic mass is 9.77. The summed E-state index contributed by atoms with van der Waals surface area (Å²) in [5.41, 5.74) is 0.704. The van der Waals surface area contributed by atoms with Crippen molar-refractivity contribution in [1.29, 1.82) is 0 Å². The summed E-state index contributed by atoms with van der Waals surface area (Å²) in [6.07, 6.45) is 0.157. The molecule has 2 aliphatic heterocycles. The van der Waals surface area contributed by atoms with Crippen molar-refractivity contribution in [2.75, 3.05) is 31.6 Å². The number of carbonyl (C=O) groups is 2. The second-order valence-corrected chi connectivity index (χ2v) is 11.9. The number of piperidine rings is 1. The molecule has 1 aromatic heterocycles.